The SMILES string of the molecule is Cc1cc(N(C)C)nc(NCCNC(=O)Nc2cccc(Cl)c2C)n1. The molecule has 0 unspecified atom stereocenters. The zero-order valence-corrected chi connectivity index (χ0v) is 15.6. The number of carbonyl (C=O) groups excluding carboxylic acids is 1. The molecule has 7 nitrogen and oxygen atoms in total. The van der Waals surface area contributed by atoms with Gasteiger partial charge in [-0.15, -0.1) is 0 Å². The first-order valence-corrected chi connectivity index (χ1v) is 8.31. The van der Waals surface area contributed by atoms with E-state index in [2.05, 4.69) is 25.9 Å². The Bertz CT molecular complexity index is 750. The topological polar surface area (TPSA) is 82.2 Å². The fourth-order valence-electron chi connectivity index (χ4n) is 2.12. The number of amides is 2. The van der Waals surface area contributed by atoms with Crippen molar-refractivity contribution in [2.75, 3.05) is 42.7 Å². The molecule has 134 valence electrons. The van der Waals surface area contributed by atoms with Gasteiger partial charge < -0.3 is 20.9 Å². The molecule has 1 aromatic heterocycles. The molecule has 3 N–H and O–H groups in total. The van der Waals surface area contributed by atoms with Gasteiger partial charge in [0.25, 0.3) is 0 Å². The summed E-state index contributed by atoms with van der Waals surface area (Å²) in [6.45, 7) is 4.72. The monoisotopic (exact) mass is 362 g/mol. The summed E-state index contributed by atoms with van der Waals surface area (Å²) in [6, 6.07) is 7.01. The van der Waals surface area contributed by atoms with Gasteiger partial charge in [-0.2, -0.15) is 4.98 Å². The molecule has 2 rings (SSSR count). The van der Waals surface area contributed by atoms with E-state index < -0.39 is 0 Å². The normalized spacial score (nSPS) is 10.3. The third-order valence-corrected chi connectivity index (χ3v) is 3.92. The number of urea groups is 1. The number of hydrogen-bond donors (Lipinski definition) is 3. The van der Waals surface area contributed by atoms with Crippen LogP contribution in [0.3, 0.4) is 0 Å². The Labute approximate surface area is 152 Å². The molecule has 1 heterocycles. The van der Waals surface area contributed by atoms with E-state index in [1.165, 1.54) is 0 Å². The van der Waals surface area contributed by atoms with E-state index in [9.17, 15) is 4.79 Å². The molecule has 0 aliphatic heterocycles. The zero-order chi connectivity index (χ0) is 18.4. The summed E-state index contributed by atoms with van der Waals surface area (Å²) in [7, 11) is 3.85. The second-order valence-electron chi connectivity index (χ2n) is 5.81. The quantitative estimate of drug-likeness (QED) is 0.688. The highest BCUT2D eigenvalue weighted by Gasteiger charge is 2.07. The molecule has 25 heavy (non-hydrogen) atoms. The highest BCUT2D eigenvalue weighted by atomic mass is 35.5. The molecule has 2 aromatic rings. The van der Waals surface area contributed by atoms with Gasteiger partial charge in [-0.1, -0.05) is 17.7 Å². The van der Waals surface area contributed by atoms with E-state index in [0.29, 0.717) is 29.7 Å². The highest BCUT2D eigenvalue weighted by Crippen LogP contribution is 2.22. The molecule has 8 heteroatoms. The molecule has 0 fully saturated rings. The third kappa shape index (κ3) is 5.49. The minimum absolute atomic E-state index is 0.286. The summed E-state index contributed by atoms with van der Waals surface area (Å²) in [5, 5.41) is 9.29. The zero-order valence-electron chi connectivity index (χ0n) is 14.9. The van der Waals surface area contributed by atoms with Crippen LogP contribution in [0.15, 0.2) is 24.3 Å². The van der Waals surface area contributed by atoms with Crippen molar-refractivity contribution in [3.05, 3.63) is 40.5 Å². The van der Waals surface area contributed by atoms with Crippen molar-refractivity contribution in [1.82, 2.24) is 15.3 Å². The lowest BCUT2D eigenvalue weighted by Gasteiger charge is -2.14. The van der Waals surface area contributed by atoms with Gasteiger partial charge in [0, 0.05) is 49.7 Å². The average Bonchev–Trinajstić information content (AvgIpc) is 2.55. The minimum atomic E-state index is -0.286. The molecule has 0 spiro atoms. The van der Waals surface area contributed by atoms with Gasteiger partial charge >= 0.3 is 6.03 Å². The van der Waals surface area contributed by atoms with Crippen LogP contribution >= 0.6 is 11.6 Å². The summed E-state index contributed by atoms with van der Waals surface area (Å²) in [6.07, 6.45) is 0. The molecule has 0 bridgehead atoms. The number of aromatic nitrogens is 2. The van der Waals surface area contributed by atoms with Crippen molar-refractivity contribution in [2.24, 2.45) is 0 Å². The summed E-state index contributed by atoms with van der Waals surface area (Å²) < 4.78 is 0. The minimum Gasteiger partial charge on any atom is -0.363 e. The lowest BCUT2D eigenvalue weighted by atomic mass is 10.2. The maximum atomic E-state index is 12.0. The van der Waals surface area contributed by atoms with Crippen LogP contribution in [-0.4, -0.2) is 43.2 Å². The van der Waals surface area contributed by atoms with Crippen LogP contribution in [0.4, 0.5) is 22.2 Å². The van der Waals surface area contributed by atoms with Gasteiger partial charge in [-0.3, -0.25) is 0 Å². The second-order valence-corrected chi connectivity index (χ2v) is 6.21. The first-order valence-electron chi connectivity index (χ1n) is 7.93. The Morgan fingerprint density at radius 2 is 1.96 bits per heavy atom. The Morgan fingerprint density at radius 1 is 1.20 bits per heavy atom. The van der Waals surface area contributed by atoms with E-state index >= 15 is 0 Å². The number of benzene rings is 1. The number of rotatable bonds is 6. The molecular formula is C17H23ClN6O. The van der Waals surface area contributed by atoms with Crippen LogP contribution < -0.4 is 20.9 Å². The summed E-state index contributed by atoms with van der Waals surface area (Å²) in [4.78, 5) is 22.6. The van der Waals surface area contributed by atoms with Gasteiger partial charge in [0.15, 0.2) is 0 Å². The second kappa shape index (κ2) is 8.53. The number of halogens is 1. The number of hydrogen-bond acceptors (Lipinski definition) is 5. The predicted octanol–water partition coefficient (Wildman–Crippen LogP) is 3.05. The van der Waals surface area contributed by atoms with Gasteiger partial charge in [-0.05, 0) is 31.5 Å². The number of anilines is 3. The standard InChI is InChI=1S/C17H23ClN6O/c1-11-10-15(24(3)4)23-16(21-11)19-8-9-20-17(25)22-14-7-5-6-13(18)12(14)2/h5-7,10H,8-9H2,1-4H3,(H,19,21,23)(H2,20,22,25). The molecule has 0 saturated carbocycles. The van der Waals surface area contributed by atoms with E-state index in [1.807, 2.05) is 45.0 Å². The Hall–Kier alpha value is -2.54. The summed E-state index contributed by atoms with van der Waals surface area (Å²) in [5.74, 6) is 1.37. The van der Waals surface area contributed by atoms with Gasteiger partial charge in [-0.25, -0.2) is 9.78 Å². The molecule has 0 radical (unpaired) electrons. The molecular weight excluding hydrogens is 340 g/mol. The number of nitrogens with zero attached hydrogens (tertiary/aromatic N) is 3. The van der Waals surface area contributed by atoms with Crippen molar-refractivity contribution in [2.45, 2.75) is 13.8 Å². The summed E-state index contributed by atoms with van der Waals surface area (Å²) in [5.41, 5.74) is 2.40. The fourth-order valence-corrected chi connectivity index (χ4v) is 2.29. The van der Waals surface area contributed by atoms with Crippen LogP contribution in [0.1, 0.15) is 11.3 Å². The van der Waals surface area contributed by atoms with Crippen LogP contribution in [0.2, 0.25) is 5.02 Å². The van der Waals surface area contributed by atoms with Crippen LogP contribution in [0, 0.1) is 13.8 Å². The van der Waals surface area contributed by atoms with Crippen molar-refractivity contribution >= 4 is 35.1 Å². The van der Waals surface area contributed by atoms with Crippen molar-refractivity contribution in [3.63, 3.8) is 0 Å². The van der Waals surface area contributed by atoms with Crippen molar-refractivity contribution < 1.29 is 4.79 Å². The molecule has 2 amide bonds. The average molecular weight is 363 g/mol. The van der Waals surface area contributed by atoms with Crippen molar-refractivity contribution in [3.8, 4) is 0 Å². The molecule has 0 saturated heterocycles. The molecule has 0 atom stereocenters. The smallest absolute Gasteiger partial charge is 0.319 e. The Balaban J connectivity index is 1.81. The number of nitrogens with one attached hydrogen (secondary N) is 3. The summed E-state index contributed by atoms with van der Waals surface area (Å²) >= 11 is 6.04. The van der Waals surface area contributed by atoms with Crippen molar-refractivity contribution in [1.29, 1.82) is 0 Å². The predicted molar refractivity (Wildman–Crippen MR) is 103 cm³/mol. The first-order chi connectivity index (χ1) is 11.9. The lowest BCUT2D eigenvalue weighted by molar-refractivity contribution is 0.252. The van der Waals surface area contributed by atoms with Gasteiger partial charge in [0.1, 0.15) is 5.82 Å². The Morgan fingerprint density at radius 3 is 2.68 bits per heavy atom. The number of carbonyl (C=O) groups is 1. The maximum Gasteiger partial charge on any atom is 0.319 e. The molecule has 1 aromatic carbocycles. The fraction of sp³-hybridized carbons (Fsp3) is 0.353. The molecule has 0 aliphatic rings. The van der Waals surface area contributed by atoms with E-state index in [-0.39, 0.29) is 6.03 Å². The third-order valence-electron chi connectivity index (χ3n) is 3.51. The van der Waals surface area contributed by atoms with E-state index in [4.69, 9.17) is 11.6 Å². The highest BCUT2D eigenvalue weighted by molar-refractivity contribution is 6.31. The number of aryl methyl sites for hydroxylation is 1. The Kier molecular flexibility index (Phi) is 6.41. The van der Waals surface area contributed by atoms with E-state index in [1.54, 1.807) is 12.1 Å². The van der Waals surface area contributed by atoms with E-state index in [0.717, 1.165) is 17.1 Å². The molecule has 0 aliphatic carbocycles. The largest absolute Gasteiger partial charge is 0.363 e. The van der Waals surface area contributed by atoms with Gasteiger partial charge in [0.05, 0.1) is 0 Å². The maximum absolute atomic E-state index is 12.0. The lowest BCUT2D eigenvalue weighted by Crippen LogP contribution is -2.33. The van der Waals surface area contributed by atoms with Crippen LogP contribution in [0.5, 0.6) is 0 Å². The first kappa shape index (κ1) is 18.8. The van der Waals surface area contributed by atoms with Crippen LogP contribution in [0.25, 0.3) is 0 Å². The van der Waals surface area contributed by atoms with Gasteiger partial charge in [0.2, 0.25) is 5.95 Å². The van der Waals surface area contributed by atoms with Crippen LogP contribution in [-0.2, 0) is 0 Å².